The Labute approximate surface area is 93.5 Å². The van der Waals surface area contributed by atoms with Gasteiger partial charge in [-0.1, -0.05) is 19.8 Å². The number of hydrogen-bond donors (Lipinski definition) is 1. The largest absolute Gasteiger partial charge is 0.383 e. The van der Waals surface area contributed by atoms with E-state index in [0.717, 1.165) is 32.9 Å². The molecular formula is C12H25NO2. The van der Waals surface area contributed by atoms with E-state index in [0.29, 0.717) is 5.41 Å². The van der Waals surface area contributed by atoms with Crippen molar-refractivity contribution in [2.45, 2.75) is 32.6 Å². The average Bonchev–Trinajstić information content (AvgIpc) is 2.71. The SMILES string of the molecule is CCCCC1(CNCCOC)CCOC1. The molecule has 1 heterocycles. The van der Waals surface area contributed by atoms with E-state index in [-0.39, 0.29) is 0 Å². The van der Waals surface area contributed by atoms with Crippen LogP contribution in [-0.4, -0.2) is 40.0 Å². The molecule has 0 aromatic heterocycles. The Hall–Kier alpha value is -0.120. The first-order valence-corrected chi connectivity index (χ1v) is 6.10. The summed E-state index contributed by atoms with van der Waals surface area (Å²) in [5, 5.41) is 3.47. The molecule has 1 rings (SSSR count). The van der Waals surface area contributed by atoms with Gasteiger partial charge >= 0.3 is 0 Å². The molecule has 1 unspecified atom stereocenters. The van der Waals surface area contributed by atoms with Gasteiger partial charge in [0, 0.05) is 32.2 Å². The first-order valence-electron chi connectivity index (χ1n) is 6.10. The first kappa shape index (κ1) is 12.9. The Morgan fingerprint density at radius 1 is 1.47 bits per heavy atom. The van der Waals surface area contributed by atoms with Crippen molar-refractivity contribution in [2.24, 2.45) is 5.41 Å². The van der Waals surface area contributed by atoms with Crippen LogP contribution in [0.15, 0.2) is 0 Å². The highest BCUT2D eigenvalue weighted by molar-refractivity contribution is 4.85. The average molecular weight is 215 g/mol. The van der Waals surface area contributed by atoms with E-state index in [1.807, 2.05) is 0 Å². The Balaban J connectivity index is 2.23. The van der Waals surface area contributed by atoms with Gasteiger partial charge in [0.25, 0.3) is 0 Å². The van der Waals surface area contributed by atoms with Gasteiger partial charge in [-0.3, -0.25) is 0 Å². The molecule has 0 aromatic carbocycles. The molecule has 3 nitrogen and oxygen atoms in total. The third-order valence-corrected chi connectivity index (χ3v) is 3.23. The van der Waals surface area contributed by atoms with Crippen LogP contribution in [0.4, 0.5) is 0 Å². The highest BCUT2D eigenvalue weighted by Gasteiger charge is 2.33. The van der Waals surface area contributed by atoms with E-state index in [1.54, 1.807) is 7.11 Å². The Bertz CT molecular complexity index is 156. The van der Waals surface area contributed by atoms with Gasteiger partial charge in [0.2, 0.25) is 0 Å². The van der Waals surface area contributed by atoms with Crippen LogP contribution in [0.3, 0.4) is 0 Å². The van der Waals surface area contributed by atoms with Crippen molar-refractivity contribution in [1.29, 1.82) is 0 Å². The highest BCUT2D eigenvalue weighted by Crippen LogP contribution is 2.33. The summed E-state index contributed by atoms with van der Waals surface area (Å²) in [5.74, 6) is 0. The van der Waals surface area contributed by atoms with Gasteiger partial charge in [0.05, 0.1) is 13.2 Å². The summed E-state index contributed by atoms with van der Waals surface area (Å²) >= 11 is 0. The molecule has 1 aliphatic rings. The summed E-state index contributed by atoms with van der Waals surface area (Å²) in [6.45, 7) is 6.95. The Morgan fingerprint density at radius 3 is 2.93 bits per heavy atom. The second-order valence-corrected chi connectivity index (χ2v) is 4.58. The van der Waals surface area contributed by atoms with Gasteiger partial charge in [0.1, 0.15) is 0 Å². The minimum absolute atomic E-state index is 0.406. The minimum atomic E-state index is 0.406. The molecular weight excluding hydrogens is 190 g/mol. The molecule has 1 N–H and O–H groups in total. The number of hydrogen-bond acceptors (Lipinski definition) is 3. The minimum Gasteiger partial charge on any atom is -0.383 e. The van der Waals surface area contributed by atoms with Gasteiger partial charge in [0.15, 0.2) is 0 Å². The zero-order valence-electron chi connectivity index (χ0n) is 10.2. The molecule has 3 heteroatoms. The standard InChI is InChI=1S/C12H25NO2/c1-3-4-5-12(6-8-15-11-12)10-13-7-9-14-2/h13H,3-11H2,1-2H3. The van der Waals surface area contributed by atoms with Crippen LogP contribution < -0.4 is 5.32 Å². The monoisotopic (exact) mass is 215 g/mol. The quantitative estimate of drug-likeness (QED) is 0.627. The van der Waals surface area contributed by atoms with E-state index in [1.165, 1.54) is 25.7 Å². The molecule has 1 atom stereocenters. The van der Waals surface area contributed by atoms with Gasteiger partial charge < -0.3 is 14.8 Å². The summed E-state index contributed by atoms with van der Waals surface area (Å²) in [6.07, 6.45) is 5.10. The van der Waals surface area contributed by atoms with Crippen LogP contribution in [0, 0.1) is 5.41 Å². The topological polar surface area (TPSA) is 30.5 Å². The Kier molecular flexibility index (Phi) is 6.22. The van der Waals surface area contributed by atoms with E-state index < -0.39 is 0 Å². The molecule has 0 aromatic rings. The van der Waals surface area contributed by atoms with Crippen molar-refractivity contribution in [3.63, 3.8) is 0 Å². The van der Waals surface area contributed by atoms with Crippen LogP contribution in [0.1, 0.15) is 32.6 Å². The number of ether oxygens (including phenoxy) is 2. The maximum absolute atomic E-state index is 5.54. The van der Waals surface area contributed by atoms with E-state index >= 15 is 0 Å². The lowest BCUT2D eigenvalue weighted by Crippen LogP contribution is -2.36. The lowest BCUT2D eigenvalue weighted by Gasteiger charge is -2.27. The van der Waals surface area contributed by atoms with Crippen molar-refractivity contribution in [3.8, 4) is 0 Å². The smallest absolute Gasteiger partial charge is 0.0587 e. The molecule has 1 saturated heterocycles. The van der Waals surface area contributed by atoms with Crippen LogP contribution >= 0.6 is 0 Å². The van der Waals surface area contributed by atoms with E-state index in [2.05, 4.69) is 12.2 Å². The lowest BCUT2D eigenvalue weighted by atomic mass is 9.82. The Morgan fingerprint density at radius 2 is 2.33 bits per heavy atom. The molecule has 0 amide bonds. The van der Waals surface area contributed by atoms with Crippen molar-refractivity contribution < 1.29 is 9.47 Å². The molecule has 15 heavy (non-hydrogen) atoms. The fourth-order valence-electron chi connectivity index (χ4n) is 2.15. The third-order valence-electron chi connectivity index (χ3n) is 3.23. The van der Waals surface area contributed by atoms with E-state index in [9.17, 15) is 0 Å². The highest BCUT2D eigenvalue weighted by atomic mass is 16.5. The second-order valence-electron chi connectivity index (χ2n) is 4.58. The molecule has 0 saturated carbocycles. The van der Waals surface area contributed by atoms with Crippen LogP contribution in [0.25, 0.3) is 0 Å². The van der Waals surface area contributed by atoms with Crippen molar-refractivity contribution in [2.75, 3.05) is 40.0 Å². The van der Waals surface area contributed by atoms with Gasteiger partial charge in [-0.25, -0.2) is 0 Å². The maximum atomic E-state index is 5.54. The lowest BCUT2D eigenvalue weighted by molar-refractivity contribution is 0.138. The van der Waals surface area contributed by atoms with Crippen molar-refractivity contribution in [1.82, 2.24) is 5.32 Å². The molecule has 0 aliphatic carbocycles. The summed E-state index contributed by atoms with van der Waals surface area (Å²) in [5.41, 5.74) is 0.406. The number of rotatable bonds is 8. The summed E-state index contributed by atoms with van der Waals surface area (Å²) in [7, 11) is 1.74. The second kappa shape index (κ2) is 7.20. The summed E-state index contributed by atoms with van der Waals surface area (Å²) in [4.78, 5) is 0. The molecule has 0 spiro atoms. The van der Waals surface area contributed by atoms with Crippen molar-refractivity contribution in [3.05, 3.63) is 0 Å². The zero-order chi connectivity index (χ0) is 11.0. The summed E-state index contributed by atoms with van der Waals surface area (Å²) in [6, 6.07) is 0. The number of methoxy groups -OCH3 is 1. The molecule has 0 radical (unpaired) electrons. The molecule has 90 valence electrons. The van der Waals surface area contributed by atoms with Gasteiger partial charge in [-0.05, 0) is 12.8 Å². The van der Waals surface area contributed by atoms with Crippen LogP contribution in [0.5, 0.6) is 0 Å². The molecule has 1 fully saturated rings. The zero-order valence-corrected chi connectivity index (χ0v) is 10.2. The van der Waals surface area contributed by atoms with Crippen LogP contribution in [0.2, 0.25) is 0 Å². The fraction of sp³-hybridized carbons (Fsp3) is 1.00. The van der Waals surface area contributed by atoms with Crippen LogP contribution in [-0.2, 0) is 9.47 Å². The van der Waals surface area contributed by atoms with Gasteiger partial charge in [-0.15, -0.1) is 0 Å². The normalized spacial score (nSPS) is 26.0. The fourth-order valence-corrected chi connectivity index (χ4v) is 2.15. The summed E-state index contributed by atoms with van der Waals surface area (Å²) < 4.78 is 10.6. The molecule has 0 bridgehead atoms. The number of nitrogens with one attached hydrogen (secondary N) is 1. The third kappa shape index (κ3) is 4.49. The number of unbranched alkanes of at least 4 members (excludes halogenated alkanes) is 1. The predicted octanol–water partition coefficient (Wildman–Crippen LogP) is 1.82. The molecule has 1 aliphatic heterocycles. The maximum Gasteiger partial charge on any atom is 0.0587 e. The first-order chi connectivity index (χ1) is 7.33. The predicted molar refractivity (Wildman–Crippen MR) is 62.1 cm³/mol. The van der Waals surface area contributed by atoms with Gasteiger partial charge in [-0.2, -0.15) is 0 Å². The van der Waals surface area contributed by atoms with Crippen molar-refractivity contribution >= 4 is 0 Å². The van der Waals surface area contributed by atoms with E-state index in [4.69, 9.17) is 9.47 Å².